The van der Waals surface area contributed by atoms with Gasteiger partial charge in [0, 0.05) is 11.0 Å². The van der Waals surface area contributed by atoms with Crippen LogP contribution in [0.25, 0.3) is 0 Å². The summed E-state index contributed by atoms with van der Waals surface area (Å²) in [6, 6.07) is 5.47. The number of benzene rings is 1. The van der Waals surface area contributed by atoms with Gasteiger partial charge in [0.1, 0.15) is 5.75 Å². The Morgan fingerprint density at radius 2 is 2.25 bits per heavy atom. The molecule has 16 heavy (non-hydrogen) atoms. The van der Waals surface area contributed by atoms with Gasteiger partial charge in [-0.2, -0.15) is 0 Å². The summed E-state index contributed by atoms with van der Waals surface area (Å²) >= 11 is 0. The number of carbonyl (C=O) groups is 1. The molecule has 1 heterocycles. The maximum absolute atomic E-state index is 11.6. The molecule has 0 saturated carbocycles. The molecule has 1 aliphatic rings. The molecule has 0 saturated heterocycles. The van der Waals surface area contributed by atoms with Gasteiger partial charge in [0.05, 0.1) is 18.8 Å². The van der Waals surface area contributed by atoms with Crippen LogP contribution in [-0.4, -0.2) is 19.2 Å². The van der Waals surface area contributed by atoms with Gasteiger partial charge in [-0.05, 0) is 25.1 Å². The van der Waals surface area contributed by atoms with Crippen LogP contribution in [0.4, 0.5) is 0 Å². The van der Waals surface area contributed by atoms with Crippen LogP contribution in [0.15, 0.2) is 18.2 Å². The highest BCUT2D eigenvalue weighted by atomic mass is 16.5. The Morgan fingerprint density at radius 3 is 2.94 bits per heavy atom. The van der Waals surface area contributed by atoms with Crippen molar-refractivity contribution >= 4 is 5.97 Å². The topological polar surface area (TPSA) is 35.5 Å². The molecule has 1 aliphatic heterocycles. The van der Waals surface area contributed by atoms with Gasteiger partial charge < -0.3 is 9.47 Å². The number of ether oxygens (including phenoxy) is 2. The average molecular weight is 220 g/mol. The zero-order chi connectivity index (χ0) is 11.8. The molecule has 0 aromatic heterocycles. The first-order valence-electron chi connectivity index (χ1n) is 5.49. The fraction of sp³-hybridized carbons (Fsp3) is 0.462. The van der Waals surface area contributed by atoms with E-state index in [1.54, 1.807) is 13.0 Å². The average Bonchev–Trinajstić information content (AvgIpc) is 2.55. The molecule has 0 bridgehead atoms. The number of hydrogen-bond acceptors (Lipinski definition) is 3. The molecule has 3 nitrogen and oxygen atoms in total. The van der Waals surface area contributed by atoms with E-state index in [0.29, 0.717) is 18.8 Å². The van der Waals surface area contributed by atoms with Crippen LogP contribution in [0.3, 0.4) is 0 Å². The summed E-state index contributed by atoms with van der Waals surface area (Å²) in [5.41, 5.74) is 1.65. The minimum absolute atomic E-state index is 0.0299. The number of fused-ring (bicyclic) bond motifs is 1. The van der Waals surface area contributed by atoms with E-state index in [9.17, 15) is 4.79 Å². The zero-order valence-corrected chi connectivity index (χ0v) is 9.87. The Labute approximate surface area is 95.4 Å². The summed E-state index contributed by atoms with van der Waals surface area (Å²) < 4.78 is 10.5. The van der Waals surface area contributed by atoms with Crippen LogP contribution in [0.2, 0.25) is 0 Å². The summed E-state index contributed by atoms with van der Waals surface area (Å²) in [5.74, 6) is 0.603. The van der Waals surface area contributed by atoms with Gasteiger partial charge in [0.2, 0.25) is 0 Å². The van der Waals surface area contributed by atoms with Crippen LogP contribution in [0.5, 0.6) is 5.75 Å². The van der Waals surface area contributed by atoms with Gasteiger partial charge >= 0.3 is 5.97 Å². The predicted octanol–water partition coefficient (Wildman–Crippen LogP) is 2.53. The molecule has 0 N–H and O–H groups in total. The Morgan fingerprint density at radius 1 is 1.50 bits per heavy atom. The van der Waals surface area contributed by atoms with E-state index in [-0.39, 0.29) is 11.4 Å². The highest BCUT2D eigenvalue weighted by molar-refractivity contribution is 5.90. The Kier molecular flexibility index (Phi) is 2.62. The van der Waals surface area contributed by atoms with Crippen molar-refractivity contribution in [2.24, 2.45) is 0 Å². The van der Waals surface area contributed by atoms with Crippen LogP contribution < -0.4 is 4.74 Å². The molecular weight excluding hydrogens is 204 g/mol. The standard InChI is InChI=1S/C13H16O3/c1-4-15-12(14)9-5-6-11-10(7-9)13(2,3)8-16-11/h5-7H,4,8H2,1-3H3. The second kappa shape index (κ2) is 3.81. The van der Waals surface area contributed by atoms with Crippen LogP contribution >= 0.6 is 0 Å². The lowest BCUT2D eigenvalue weighted by atomic mass is 9.86. The second-order valence-corrected chi connectivity index (χ2v) is 4.60. The smallest absolute Gasteiger partial charge is 0.338 e. The minimum Gasteiger partial charge on any atom is -0.492 e. The van der Waals surface area contributed by atoms with E-state index < -0.39 is 0 Å². The van der Waals surface area contributed by atoms with Crippen molar-refractivity contribution in [2.45, 2.75) is 26.2 Å². The normalized spacial score (nSPS) is 16.4. The van der Waals surface area contributed by atoms with E-state index in [1.165, 1.54) is 0 Å². The maximum Gasteiger partial charge on any atom is 0.338 e. The molecule has 0 radical (unpaired) electrons. The van der Waals surface area contributed by atoms with Gasteiger partial charge in [-0.15, -0.1) is 0 Å². The monoisotopic (exact) mass is 220 g/mol. The molecule has 1 aromatic rings. The maximum atomic E-state index is 11.6. The Balaban J connectivity index is 2.36. The third kappa shape index (κ3) is 1.77. The Hall–Kier alpha value is -1.51. The molecule has 0 aliphatic carbocycles. The van der Waals surface area contributed by atoms with Crippen molar-refractivity contribution < 1.29 is 14.3 Å². The summed E-state index contributed by atoms with van der Waals surface area (Å²) in [4.78, 5) is 11.6. The van der Waals surface area contributed by atoms with Crippen molar-refractivity contribution in [3.05, 3.63) is 29.3 Å². The van der Waals surface area contributed by atoms with E-state index >= 15 is 0 Å². The first kappa shape index (κ1) is 11.0. The number of carbonyl (C=O) groups excluding carboxylic acids is 1. The molecule has 2 rings (SSSR count). The number of hydrogen-bond donors (Lipinski definition) is 0. The summed E-state index contributed by atoms with van der Waals surface area (Å²) in [6.45, 7) is 7.07. The van der Waals surface area contributed by atoms with Gasteiger partial charge in [-0.1, -0.05) is 13.8 Å². The number of rotatable bonds is 2. The summed E-state index contributed by atoms with van der Waals surface area (Å²) in [7, 11) is 0. The third-order valence-electron chi connectivity index (χ3n) is 2.81. The van der Waals surface area contributed by atoms with Gasteiger partial charge in [0.25, 0.3) is 0 Å². The molecule has 0 unspecified atom stereocenters. The van der Waals surface area contributed by atoms with E-state index in [0.717, 1.165) is 11.3 Å². The predicted molar refractivity (Wildman–Crippen MR) is 60.9 cm³/mol. The minimum atomic E-state index is -0.270. The summed E-state index contributed by atoms with van der Waals surface area (Å²) in [5, 5.41) is 0. The van der Waals surface area contributed by atoms with Crippen molar-refractivity contribution in [1.29, 1.82) is 0 Å². The largest absolute Gasteiger partial charge is 0.492 e. The SMILES string of the molecule is CCOC(=O)c1ccc2c(c1)C(C)(C)CO2. The van der Waals surface area contributed by atoms with Crippen LogP contribution in [-0.2, 0) is 10.2 Å². The second-order valence-electron chi connectivity index (χ2n) is 4.60. The highest BCUT2D eigenvalue weighted by Gasteiger charge is 2.32. The molecule has 0 atom stereocenters. The van der Waals surface area contributed by atoms with Gasteiger partial charge in [-0.3, -0.25) is 0 Å². The van der Waals surface area contributed by atoms with Crippen molar-refractivity contribution in [3.63, 3.8) is 0 Å². The van der Waals surface area contributed by atoms with Crippen molar-refractivity contribution in [2.75, 3.05) is 13.2 Å². The van der Waals surface area contributed by atoms with Crippen molar-refractivity contribution in [3.8, 4) is 5.75 Å². The zero-order valence-electron chi connectivity index (χ0n) is 9.87. The quantitative estimate of drug-likeness (QED) is 0.718. The molecular formula is C13H16O3. The molecule has 0 amide bonds. The van der Waals surface area contributed by atoms with E-state index in [2.05, 4.69) is 13.8 Å². The van der Waals surface area contributed by atoms with Crippen molar-refractivity contribution in [1.82, 2.24) is 0 Å². The fourth-order valence-electron chi connectivity index (χ4n) is 1.86. The van der Waals surface area contributed by atoms with E-state index in [1.807, 2.05) is 12.1 Å². The summed E-state index contributed by atoms with van der Waals surface area (Å²) in [6.07, 6.45) is 0. The highest BCUT2D eigenvalue weighted by Crippen LogP contribution is 2.38. The molecule has 3 heteroatoms. The van der Waals surface area contributed by atoms with Gasteiger partial charge in [0.15, 0.2) is 0 Å². The first-order chi connectivity index (χ1) is 7.54. The molecule has 1 aromatic carbocycles. The van der Waals surface area contributed by atoms with E-state index in [4.69, 9.17) is 9.47 Å². The molecule has 0 fully saturated rings. The lowest BCUT2D eigenvalue weighted by Gasteiger charge is -2.15. The van der Waals surface area contributed by atoms with Crippen LogP contribution in [0.1, 0.15) is 36.7 Å². The molecule has 86 valence electrons. The molecule has 0 spiro atoms. The lowest BCUT2D eigenvalue weighted by molar-refractivity contribution is 0.0526. The van der Waals surface area contributed by atoms with Gasteiger partial charge in [-0.25, -0.2) is 4.79 Å². The first-order valence-corrected chi connectivity index (χ1v) is 5.49. The number of esters is 1. The Bertz CT molecular complexity index is 421. The lowest BCUT2D eigenvalue weighted by Crippen LogP contribution is -2.18. The fourth-order valence-corrected chi connectivity index (χ4v) is 1.86. The third-order valence-corrected chi connectivity index (χ3v) is 2.81. The van der Waals surface area contributed by atoms with Crippen LogP contribution in [0, 0.1) is 0 Å².